The van der Waals surface area contributed by atoms with Crippen molar-refractivity contribution in [3.05, 3.63) is 82.5 Å². The standard InChI is InChI=1S/C23H21F5N4O3S/c1-13-4-3-5-14(8-13)21-15(6-7-20(32-21)23(26,27)28)11-29-22(33)31-16-9-18(24)17(19(25)10-16)12-30-36(2,34)35/h3-10,30H,11-12H2,1-2H3,(H2,29,31,33). The molecular weight excluding hydrogens is 507 g/mol. The Labute approximate surface area is 203 Å². The number of carbonyl (C=O) groups excluding carboxylic acids is 1. The van der Waals surface area contributed by atoms with E-state index in [0.29, 0.717) is 5.56 Å². The maximum absolute atomic E-state index is 14.2. The molecule has 0 aliphatic rings. The Balaban J connectivity index is 1.77. The summed E-state index contributed by atoms with van der Waals surface area (Å²) in [7, 11) is -3.69. The molecular formula is C23H21F5N4O3S. The summed E-state index contributed by atoms with van der Waals surface area (Å²) in [5.41, 5.74) is -0.371. The number of nitrogens with one attached hydrogen (secondary N) is 3. The number of aromatic nitrogens is 1. The van der Waals surface area contributed by atoms with E-state index in [2.05, 4.69) is 15.6 Å². The van der Waals surface area contributed by atoms with Crippen molar-refractivity contribution in [2.45, 2.75) is 26.2 Å². The van der Waals surface area contributed by atoms with Gasteiger partial charge in [0, 0.05) is 29.9 Å². The Morgan fingerprint density at radius 2 is 1.67 bits per heavy atom. The average molecular weight is 529 g/mol. The van der Waals surface area contributed by atoms with Crippen molar-refractivity contribution in [1.29, 1.82) is 0 Å². The zero-order valence-corrected chi connectivity index (χ0v) is 19.8. The van der Waals surface area contributed by atoms with Crippen molar-refractivity contribution in [3.63, 3.8) is 0 Å². The molecule has 0 aliphatic heterocycles. The highest BCUT2D eigenvalue weighted by molar-refractivity contribution is 7.88. The summed E-state index contributed by atoms with van der Waals surface area (Å²) in [5.74, 6) is -2.18. The van der Waals surface area contributed by atoms with Crippen LogP contribution in [0.4, 0.5) is 32.4 Å². The topological polar surface area (TPSA) is 100 Å². The monoisotopic (exact) mass is 528 g/mol. The molecule has 0 bridgehead atoms. The van der Waals surface area contributed by atoms with Gasteiger partial charge < -0.3 is 10.6 Å². The van der Waals surface area contributed by atoms with Crippen molar-refractivity contribution in [3.8, 4) is 11.3 Å². The van der Waals surface area contributed by atoms with E-state index in [9.17, 15) is 35.2 Å². The summed E-state index contributed by atoms with van der Waals surface area (Å²) in [5, 5.41) is 4.65. The lowest BCUT2D eigenvalue weighted by atomic mass is 10.0. The van der Waals surface area contributed by atoms with Gasteiger partial charge in [0.2, 0.25) is 10.0 Å². The average Bonchev–Trinajstić information content (AvgIpc) is 2.75. The van der Waals surface area contributed by atoms with E-state index in [0.717, 1.165) is 30.0 Å². The molecule has 0 atom stereocenters. The minimum Gasteiger partial charge on any atom is -0.334 e. The summed E-state index contributed by atoms with van der Waals surface area (Å²) in [6.45, 7) is 0.913. The maximum Gasteiger partial charge on any atom is 0.433 e. The van der Waals surface area contributed by atoms with Crippen LogP contribution in [0.25, 0.3) is 11.3 Å². The van der Waals surface area contributed by atoms with Crippen LogP contribution in [0, 0.1) is 18.6 Å². The highest BCUT2D eigenvalue weighted by atomic mass is 32.2. The van der Waals surface area contributed by atoms with E-state index in [-0.39, 0.29) is 23.5 Å². The van der Waals surface area contributed by atoms with Crippen LogP contribution >= 0.6 is 0 Å². The van der Waals surface area contributed by atoms with Crippen LogP contribution in [-0.2, 0) is 29.3 Å². The van der Waals surface area contributed by atoms with Crippen molar-refractivity contribution in [2.75, 3.05) is 11.6 Å². The minimum atomic E-state index is -4.67. The Kier molecular flexibility index (Phi) is 7.94. The third-order valence-electron chi connectivity index (χ3n) is 4.91. The molecule has 3 rings (SSSR count). The quantitative estimate of drug-likeness (QED) is 0.386. The molecule has 7 nitrogen and oxygen atoms in total. The molecule has 0 aliphatic carbocycles. The second-order valence-electron chi connectivity index (χ2n) is 7.89. The van der Waals surface area contributed by atoms with Gasteiger partial charge >= 0.3 is 12.2 Å². The summed E-state index contributed by atoms with van der Waals surface area (Å²) in [6.07, 6.45) is -3.83. The molecule has 192 valence electrons. The highest BCUT2D eigenvalue weighted by Crippen LogP contribution is 2.31. The fraction of sp³-hybridized carbons (Fsp3) is 0.217. The van der Waals surface area contributed by atoms with Crippen molar-refractivity contribution < 1.29 is 35.2 Å². The van der Waals surface area contributed by atoms with Crippen molar-refractivity contribution >= 4 is 21.7 Å². The molecule has 0 radical (unpaired) electrons. The normalized spacial score (nSPS) is 11.9. The van der Waals surface area contributed by atoms with Gasteiger partial charge in [0.05, 0.1) is 11.9 Å². The second-order valence-corrected chi connectivity index (χ2v) is 9.72. The summed E-state index contributed by atoms with van der Waals surface area (Å²) in [6, 6.07) is 9.38. The Bertz CT molecular complexity index is 1370. The first-order chi connectivity index (χ1) is 16.7. The predicted octanol–water partition coefficient (Wildman–Crippen LogP) is 4.72. The van der Waals surface area contributed by atoms with Crippen LogP contribution in [0.5, 0.6) is 0 Å². The van der Waals surface area contributed by atoms with Crippen LogP contribution in [0.1, 0.15) is 22.4 Å². The number of aryl methyl sites for hydroxylation is 1. The van der Waals surface area contributed by atoms with Gasteiger partial charge in [0.25, 0.3) is 0 Å². The number of urea groups is 1. The number of halogens is 5. The third kappa shape index (κ3) is 7.21. The zero-order valence-electron chi connectivity index (χ0n) is 19.0. The predicted molar refractivity (Wildman–Crippen MR) is 123 cm³/mol. The SMILES string of the molecule is Cc1cccc(-c2nc(C(F)(F)F)ccc2CNC(=O)Nc2cc(F)c(CNS(C)(=O)=O)c(F)c2)c1. The lowest BCUT2D eigenvalue weighted by molar-refractivity contribution is -0.141. The number of sulfonamides is 1. The van der Waals surface area contributed by atoms with E-state index in [1.165, 1.54) is 6.07 Å². The summed E-state index contributed by atoms with van der Waals surface area (Å²) < 4.78 is 92.4. The largest absolute Gasteiger partial charge is 0.433 e. The van der Waals surface area contributed by atoms with E-state index >= 15 is 0 Å². The van der Waals surface area contributed by atoms with E-state index in [1.54, 1.807) is 31.2 Å². The van der Waals surface area contributed by atoms with Gasteiger partial charge in [-0.05, 0) is 36.8 Å². The van der Waals surface area contributed by atoms with Gasteiger partial charge in [0.1, 0.15) is 17.3 Å². The molecule has 1 heterocycles. The molecule has 2 amide bonds. The first-order valence-corrected chi connectivity index (χ1v) is 12.2. The number of pyridine rings is 1. The minimum absolute atomic E-state index is 0.0219. The van der Waals surface area contributed by atoms with Gasteiger partial charge in [-0.1, -0.05) is 29.8 Å². The molecule has 0 fully saturated rings. The molecule has 3 N–H and O–H groups in total. The van der Waals surface area contributed by atoms with Crippen molar-refractivity contribution in [1.82, 2.24) is 15.0 Å². The summed E-state index contributed by atoms with van der Waals surface area (Å²) in [4.78, 5) is 16.1. The highest BCUT2D eigenvalue weighted by Gasteiger charge is 2.33. The molecule has 2 aromatic carbocycles. The Morgan fingerprint density at radius 3 is 2.25 bits per heavy atom. The second kappa shape index (κ2) is 10.6. The number of alkyl halides is 3. The lowest BCUT2D eigenvalue weighted by Crippen LogP contribution is -2.29. The maximum atomic E-state index is 14.2. The molecule has 0 saturated carbocycles. The molecule has 3 aromatic rings. The summed E-state index contributed by atoms with van der Waals surface area (Å²) >= 11 is 0. The number of benzene rings is 2. The molecule has 0 unspecified atom stereocenters. The number of rotatable bonds is 7. The number of hydrogen-bond donors (Lipinski definition) is 3. The fourth-order valence-corrected chi connectivity index (χ4v) is 3.64. The molecule has 0 saturated heterocycles. The van der Waals surface area contributed by atoms with Crippen LogP contribution in [0.2, 0.25) is 0 Å². The van der Waals surface area contributed by atoms with Crippen molar-refractivity contribution in [2.24, 2.45) is 0 Å². The van der Waals surface area contributed by atoms with Crippen LogP contribution < -0.4 is 15.4 Å². The molecule has 13 heteroatoms. The number of hydrogen-bond acceptors (Lipinski definition) is 4. The first-order valence-electron chi connectivity index (χ1n) is 10.3. The fourth-order valence-electron chi connectivity index (χ4n) is 3.23. The Hall–Kier alpha value is -3.58. The van der Waals surface area contributed by atoms with E-state index < -0.39 is 51.7 Å². The molecule has 1 aromatic heterocycles. The van der Waals surface area contributed by atoms with E-state index in [4.69, 9.17) is 0 Å². The van der Waals surface area contributed by atoms with Gasteiger partial charge in [0.15, 0.2) is 0 Å². The van der Waals surface area contributed by atoms with Crippen LogP contribution in [-0.4, -0.2) is 25.7 Å². The van der Waals surface area contributed by atoms with Gasteiger partial charge in [-0.25, -0.2) is 31.7 Å². The van der Waals surface area contributed by atoms with Crippen LogP contribution in [0.3, 0.4) is 0 Å². The molecule has 36 heavy (non-hydrogen) atoms. The lowest BCUT2D eigenvalue weighted by Gasteiger charge is -2.15. The number of amides is 2. The number of anilines is 1. The zero-order chi connectivity index (χ0) is 26.7. The first kappa shape index (κ1) is 27.0. The van der Waals surface area contributed by atoms with Gasteiger partial charge in [-0.15, -0.1) is 0 Å². The Morgan fingerprint density at radius 1 is 1.00 bits per heavy atom. The van der Waals surface area contributed by atoms with Gasteiger partial charge in [-0.3, -0.25) is 0 Å². The number of nitrogens with zero attached hydrogens (tertiary/aromatic N) is 1. The third-order valence-corrected chi connectivity index (χ3v) is 5.58. The van der Waals surface area contributed by atoms with Gasteiger partial charge in [-0.2, -0.15) is 13.2 Å². The molecule has 0 spiro atoms. The van der Waals surface area contributed by atoms with Crippen LogP contribution in [0.15, 0.2) is 48.5 Å². The van der Waals surface area contributed by atoms with E-state index in [1.807, 2.05) is 4.72 Å². The number of carbonyl (C=O) groups is 1. The smallest absolute Gasteiger partial charge is 0.334 e.